The second-order valence-corrected chi connectivity index (χ2v) is 5.88. The lowest BCUT2D eigenvalue weighted by Gasteiger charge is -2.17. The van der Waals surface area contributed by atoms with Crippen LogP contribution >= 0.6 is 11.6 Å². The Labute approximate surface area is 119 Å². The molecule has 2 N–H and O–H groups in total. The highest BCUT2D eigenvalue weighted by Gasteiger charge is 2.19. The van der Waals surface area contributed by atoms with Gasteiger partial charge >= 0.3 is 0 Å². The Balaban J connectivity index is 2.00. The fraction of sp³-hybridized carbons (Fsp3) is 0.533. The van der Waals surface area contributed by atoms with E-state index >= 15 is 0 Å². The van der Waals surface area contributed by atoms with Crippen molar-refractivity contribution in [3.63, 3.8) is 0 Å². The number of phenols is 1. The zero-order valence-electron chi connectivity index (χ0n) is 11.2. The highest BCUT2D eigenvalue weighted by molar-refractivity contribution is 6.30. The Morgan fingerprint density at radius 2 is 2.11 bits per heavy atom. The lowest BCUT2D eigenvalue weighted by molar-refractivity contribution is 0.0930. The molecule has 3 nitrogen and oxygen atoms in total. The summed E-state index contributed by atoms with van der Waals surface area (Å²) in [7, 11) is 0. The van der Waals surface area contributed by atoms with Crippen LogP contribution in [0.5, 0.6) is 5.75 Å². The smallest absolute Gasteiger partial charge is 0.255 e. The van der Waals surface area contributed by atoms with Crippen LogP contribution in [0.3, 0.4) is 0 Å². The second kappa shape index (κ2) is 6.29. The first-order valence-electron chi connectivity index (χ1n) is 6.85. The molecule has 0 aromatic heterocycles. The van der Waals surface area contributed by atoms with Crippen LogP contribution in [0.2, 0.25) is 5.02 Å². The van der Waals surface area contributed by atoms with Crippen molar-refractivity contribution < 1.29 is 9.90 Å². The lowest BCUT2D eigenvalue weighted by Crippen LogP contribution is -2.34. The molecule has 1 amide bonds. The molecule has 2 rings (SSSR count). The molecule has 1 aliphatic carbocycles. The minimum atomic E-state index is -0.214. The maximum atomic E-state index is 12.1. The predicted molar refractivity (Wildman–Crippen MR) is 76.6 cm³/mol. The van der Waals surface area contributed by atoms with Gasteiger partial charge in [-0.15, -0.1) is 0 Å². The van der Waals surface area contributed by atoms with E-state index in [-0.39, 0.29) is 17.7 Å². The fourth-order valence-electron chi connectivity index (χ4n) is 2.59. The van der Waals surface area contributed by atoms with Crippen LogP contribution in [0.25, 0.3) is 0 Å². The number of hydrogen-bond acceptors (Lipinski definition) is 2. The van der Waals surface area contributed by atoms with Crippen molar-refractivity contribution in [1.29, 1.82) is 0 Å². The van der Waals surface area contributed by atoms with Crippen molar-refractivity contribution in [2.75, 3.05) is 0 Å². The molecule has 1 aliphatic rings. The van der Waals surface area contributed by atoms with Gasteiger partial charge in [-0.3, -0.25) is 4.79 Å². The number of carbonyl (C=O) groups excluding carboxylic acids is 1. The molecule has 1 saturated carbocycles. The Morgan fingerprint density at radius 1 is 1.32 bits per heavy atom. The van der Waals surface area contributed by atoms with E-state index in [2.05, 4.69) is 12.2 Å². The maximum Gasteiger partial charge on any atom is 0.255 e. The van der Waals surface area contributed by atoms with Gasteiger partial charge in [0, 0.05) is 11.1 Å². The summed E-state index contributed by atoms with van der Waals surface area (Å²) in [5.41, 5.74) is 0.293. The third-order valence-corrected chi connectivity index (χ3v) is 4.03. The number of carbonyl (C=O) groups is 1. The van der Waals surface area contributed by atoms with Crippen molar-refractivity contribution in [3.8, 4) is 5.75 Å². The summed E-state index contributed by atoms with van der Waals surface area (Å²) in [4.78, 5) is 12.1. The summed E-state index contributed by atoms with van der Waals surface area (Å²) in [5.74, 6) is 0.464. The number of hydrogen-bond donors (Lipinski definition) is 2. The molecule has 2 unspecified atom stereocenters. The number of aromatic hydroxyl groups is 1. The normalized spacial score (nSPS) is 23.7. The Hall–Kier alpha value is -1.22. The first kappa shape index (κ1) is 14.2. The molecule has 0 bridgehead atoms. The average molecular weight is 282 g/mol. The topological polar surface area (TPSA) is 49.3 Å². The average Bonchev–Trinajstić information content (AvgIpc) is 2.54. The van der Waals surface area contributed by atoms with Gasteiger partial charge in [-0.2, -0.15) is 0 Å². The van der Waals surface area contributed by atoms with Crippen molar-refractivity contribution in [2.45, 2.75) is 45.1 Å². The van der Waals surface area contributed by atoms with Crippen LogP contribution < -0.4 is 5.32 Å². The van der Waals surface area contributed by atoms with Gasteiger partial charge in [0.15, 0.2) is 0 Å². The number of benzene rings is 1. The molecule has 0 radical (unpaired) electrons. The van der Waals surface area contributed by atoms with E-state index < -0.39 is 0 Å². The lowest BCUT2D eigenvalue weighted by atomic mass is 10.0. The molecule has 0 spiro atoms. The summed E-state index contributed by atoms with van der Waals surface area (Å²) in [6.07, 6.45) is 5.57. The van der Waals surface area contributed by atoms with E-state index in [1.54, 1.807) is 12.1 Å². The largest absolute Gasteiger partial charge is 0.507 e. The summed E-state index contributed by atoms with van der Waals surface area (Å²) in [6, 6.07) is 4.79. The van der Waals surface area contributed by atoms with E-state index in [0.717, 1.165) is 31.6 Å². The Kier molecular flexibility index (Phi) is 4.70. The van der Waals surface area contributed by atoms with E-state index in [1.807, 2.05) is 0 Å². The molecule has 4 heteroatoms. The number of halogens is 1. The zero-order chi connectivity index (χ0) is 13.8. The van der Waals surface area contributed by atoms with Gasteiger partial charge in [0.05, 0.1) is 5.56 Å². The first-order chi connectivity index (χ1) is 9.06. The molecule has 2 atom stereocenters. The van der Waals surface area contributed by atoms with E-state index in [1.165, 1.54) is 12.5 Å². The molecule has 1 aromatic carbocycles. The van der Waals surface area contributed by atoms with Gasteiger partial charge in [-0.25, -0.2) is 0 Å². The quantitative estimate of drug-likeness (QED) is 0.811. The fourth-order valence-corrected chi connectivity index (χ4v) is 2.76. The molecular formula is C15H20ClNO2. The maximum absolute atomic E-state index is 12.1. The summed E-state index contributed by atoms with van der Waals surface area (Å²) in [5, 5.41) is 13.2. The van der Waals surface area contributed by atoms with Gasteiger partial charge in [-0.1, -0.05) is 31.4 Å². The first-order valence-corrected chi connectivity index (χ1v) is 7.23. The minimum absolute atomic E-state index is 0.0630. The highest BCUT2D eigenvalue weighted by atomic mass is 35.5. The molecule has 0 heterocycles. The monoisotopic (exact) mass is 281 g/mol. The molecule has 0 saturated heterocycles. The molecule has 1 fully saturated rings. The van der Waals surface area contributed by atoms with Crippen molar-refractivity contribution >= 4 is 17.5 Å². The highest BCUT2D eigenvalue weighted by Crippen LogP contribution is 2.25. The van der Waals surface area contributed by atoms with E-state index in [0.29, 0.717) is 10.6 Å². The van der Waals surface area contributed by atoms with Crippen LogP contribution in [0.15, 0.2) is 18.2 Å². The van der Waals surface area contributed by atoms with Gasteiger partial charge in [0.25, 0.3) is 5.91 Å². The number of phenolic OH excluding ortho intramolecular Hbond substituents is 1. The van der Waals surface area contributed by atoms with Crippen LogP contribution in [0.1, 0.15) is 49.4 Å². The molecular weight excluding hydrogens is 262 g/mol. The third-order valence-electron chi connectivity index (χ3n) is 3.80. The van der Waals surface area contributed by atoms with Crippen molar-refractivity contribution in [2.24, 2.45) is 5.92 Å². The summed E-state index contributed by atoms with van der Waals surface area (Å²) >= 11 is 5.76. The Bertz CT molecular complexity index is 461. The molecule has 0 aliphatic heterocycles. The van der Waals surface area contributed by atoms with Gasteiger partial charge in [-0.05, 0) is 43.4 Å². The van der Waals surface area contributed by atoms with E-state index in [4.69, 9.17) is 11.6 Å². The van der Waals surface area contributed by atoms with Crippen LogP contribution in [0.4, 0.5) is 0 Å². The van der Waals surface area contributed by atoms with Crippen LogP contribution in [-0.4, -0.2) is 17.1 Å². The van der Waals surface area contributed by atoms with E-state index in [9.17, 15) is 9.90 Å². The Morgan fingerprint density at radius 3 is 2.84 bits per heavy atom. The molecule has 104 valence electrons. The molecule has 1 aromatic rings. The number of nitrogens with one attached hydrogen (secondary N) is 1. The van der Waals surface area contributed by atoms with Crippen molar-refractivity contribution in [3.05, 3.63) is 28.8 Å². The van der Waals surface area contributed by atoms with Gasteiger partial charge < -0.3 is 10.4 Å². The van der Waals surface area contributed by atoms with Crippen LogP contribution in [0, 0.1) is 5.92 Å². The zero-order valence-corrected chi connectivity index (χ0v) is 11.9. The van der Waals surface area contributed by atoms with Crippen molar-refractivity contribution in [1.82, 2.24) is 5.32 Å². The predicted octanol–water partition coefficient (Wildman–Crippen LogP) is 3.74. The SMILES string of the molecule is CC1CCCC(NC(=O)c2ccc(Cl)cc2O)CC1. The number of rotatable bonds is 2. The minimum Gasteiger partial charge on any atom is -0.507 e. The number of amides is 1. The summed E-state index contributed by atoms with van der Waals surface area (Å²) in [6.45, 7) is 2.26. The van der Waals surface area contributed by atoms with Crippen LogP contribution in [-0.2, 0) is 0 Å². The second-order valence-electron chi connectivity index (χ2n) is 5.45. The standard InChI is InChI=1S/C15H20ClNO2/c1-10-3-2-4-12(7-5-10)17-15(19)13-8-6-11(16)9-14(13)18/h6,8-10,12,18H,2-5,7H2,1H3,(H,17,19). The third kappa shape index (κ3) is 3.87. The van der Waals surface area contributed by atoms with Gasteiger partial charge in [0.1, 0.15) is 5.75 Å². The van der Waals surface area contributed by atoms with Gasteiger partial charge in [0.2, 0.25) is 0 Å². The molecule has 19 heavy (non-hydrogen) atoms. The summed E-state index contributed by atoms with van der Waals surface area (Å²) < 4.78 is 0.